The zero-order valence-electron chi connectivity index (χ0n) is 19.4. The van der Waals surface area contributed by atoms with Crippen molar-refractivity contribution in [2.75, 3.05) is 27.2 Å². The van der Waals surface area contributed by atoms with Crippen molar-refractivity contribution in [3.8, 4) is 6.07 Å². The SMILES string of the molecule is CC1CCC(F)C2CC(C(=O)NC3CC(C#N)CC(N4CCC(N(C)C)CC4)C3)NC12. The first-order valence-electron chi connectivity index (χ1n) is 12.4. The van der Waals surface area contributed by atoms with Crippen molar-refractivity contribution in [1.29, 1.82) is 5.26 Å². The summed E-state index contributed by atoms with van der Waals surface area (Å²) in [4.78, 5) is 17.9. The predicted molar refractivity (Wildman–Crippen MR) is 119 cm³/mol. The second-order valence-electron chi connectivity index (χ2n) is 10.8. The number of fused-ring (bicyclic) bond motifs is 1. The summed E-state index contributed by atoms with van der Waals surface area (Å²) < 4.78 is 14.4. The third-order valence-electron chi connectivity index (χ3n) is 8.61. The molecule has 1 amide bonds. The molecule has 2 aliphatic heterocycles. The second-order valence-corrected chi connectivity index (χ2v) is 10.8. The average molecular weight is 434 g/mol. The summed E-state index contributed by atoms with van der Waals surface area (Å²) in [5, 5.41) is 16.3. The van der Waals surface area contributed by atoms with Crippen molar-refractivity contribution in [2.45, 2.75) is 94.7 Å². The van der Waals surface area contributed by atoms with Gasteiger partial charge in [-0.2, -0.15) is 5.26 Å². The summed E-state index contributed by atoms with van der Waals surface area (Å²) in [6, 6.07) is 3.32. The van der Waals surface area contributed by atoms with Gasteiger partial charge in [-0.3, -0.25) is 4.79 Å². The minimum atomic E-state index is -0.793. The van der Waals surface area contributed by atoms with Crippen LogP contribution in [0.5, 0.6) is 0 Å². The largest absolute Gasteiger partial charge is 0.352 e. The number of carbonyl (C=O) groups excluding carboxylic acids is 1. The Morgan fingerprint density at radius 3 is 2.52 bits per heavy atom. The van der Waals surface area contributed by atoms with E-state index in [0.29, 0.717) is 30.8 Å². The number of carbonyl (C=O) groups is 1. The minimum Gasteiger partial charge on any atom is -0.352 e. The van der Waals surface area contributed by atoms with Crippen molar-refractivity contribution in [1.82, 2.24) is 20.4 Å². The van der Waals surface area contributed by atoms with Gasteiger partial charge in [-0.15, -0.1) is 0 Å². The van der Waals surface area contributed by atoms with Crippen molar-refractivity contribution in [3.05, 3.63) is 0 Å². The molecule has 8 unspecified atom stereocenters. The fraction of sp³-hybridized carbons (Fsp3) is 0.917. The highest BCUT2D eigenvalue weighted by molar-refractivity contribution is 5.82. The number of nitrogens with zero attached hydrogens (tertiary/aromatic N) is 3. The molecule has 2 saturated carbocycles. The summed E-state index contributed by atoms with van der Waals surface area (Å²) >= 11 is 0. The van der Waals surface area contributed by atoms with Gasteiger partial charge in [0.15, 0.2) is 0 Å². The Labute approximate surface area is 186 Å². The Balaban J connectivity index is 1.33. The molecule has 8 atom stereocenters. The van der Waals surface area contributed by atoms with Crippen LogP contribution in [0.15, 0.2) is 0 Å². The first kappa shape index (κ1) is 22.9. The number of likely N-dealkylation sites (tertiary alicyclic amines) is 1. The zero-order chi connectivity index (χ0) is 22.1. The lowest BCUT2D eigenvalue weighted by atomic mass is 9.77. The van der Waals surface area contributed by atoms with Crippen molar-refractivity contribution >= 4 is 5.91 Å². The van der Waals surface area contributed by atoms with Crippen LogP contribution in [0.3, 0.4) is 0 Å². The summed E-state index contributed by atoms with van der Waals surface area (Å²) in [6.07, 6.45) is 6.19. The van der Waals surface area contributed by atoms with Crippen LogP contribution in [-0.4, -0.2) is 79.3 Å². The number of nitrogens with one attached hydrogen (secondary N) is 2. The van der Waals surface area contributed by atoms with Crippen LogP contribution in [0, 0.1) is 29.1 Å². The van der Waals surface area contributed by atoms with Crippen LogP contribution in [0.25, 0.3) is 0 Å². The Morgan fingerprint density at radius 2 is 1.87 bits per heavy atom. The Kier molecular flexibility index (Phi) is 7.20. The number of halogens is 1. The van der Waals surface area contributed by atoms with Crippen LogP contribution in [0.1, 0.15) is 58.3 Å². The molecule has 0 aromatic heterocycles. The lowest BCUT2D eigenvalue weighted by Crippen LogP contribution is -2.54. The number of alkyl halides is 1. The highest BCUT2D eigenvalue weighted by Gasteiger charge is 2.46. The minimum absolute atomic E-state index is 0.00227. The molecule has 0 aromatic carbocycles. The molecule has 4 rings (SSSR count). The molecule has 174 valence electrons. The molecular weight excluding hydrogens is 393 g/mol. The summed E-state index contributed by atoms with van der Waals surface area (Å²) in [7, 11) is 4.30. The van der Waals surface area contributed by atoms with E-state index in [1.807, 2.05) is 0 Å². The third kappa shape index (κ3) is 5.07. The molecule has 31 heavy (non-hydrogen) atoms. The number of amides is 1. The highest BCUT2D eigenvalue weighted by atomic mass is 19.1. The molecule has 7 heteroatoms. The summed E-state index contributed by atoms with van der Waals surface area (Å²) in [5.74, 6) is 0.373. The fourth-order valence-electron chi connectivity index (χ4n) is 6.68. The van der Waals surface area contributed by atoms with Gasteiger partial charge in [0, 0.05) is 36.0 Å². The van der Waals surface area contributed by atoms with Gasteiger partial charge in [-0.05, 0) is 84.5 Å². The van der Waals surface area contributed by atoms with Crippen molar-refractivity contribution in [2.24, 2.45) is 17.8 Å². The van der Waals surface area contributed by atoms with Crippen molar-refractivity contribution in [3.63, 3.8) is 0 Å². The molecule has 0 radical (unpaired) electrons. The van der Waals surface area contributed by atoms with Gasteiger partial charge >= 0.3 is 0 Å². The number of hydrogen-bond donors (Lipinski definition) is 2. The number of piperidine rings is 1. The van der Waals surface area contributed by atoms with E-state index in [4.69, 9.17) is 0 Å². The normalized spacial score (nSPS) is 42.2. The monoisotopic (exact) mass is 433 g/mol. The standard InChI is InChI=1S/C24H40FN5O/c1-15-4-5-21(25)20-13-22(28-23(15)20)24(31)27-17-10-16(14-26)11-19(12-17)30-8-6-18(7-9-30)29(2)3/h15-23,28H,4-13H2,1-3H3,(H,27,31). The zero-order valence-corrected chi connectivity index (χ0v) is 19.4. The molecule has 6 nitrogen and oxygen atoms in total. The molecule has 2 aliphatic carbocycles. The third-order valence-corrected chi connectivity index (χ3v) is 8.61. The van der Waals surface area contributed by atoms with E-state index in [0.717, 1.165) is 51.6 Å². The average Bonchev–Trinajstić information content (AvgIpc) is 3.23. The summed E-state index contributed by atoms with van der Waals surface area (Å²) in [6.45, 7) is 4.30. The lowest BCUT2D eigenvalue weighted by molar-refractivity contribution is -0.124. The summed E-state index contributed by atoms with van der Waals surface area (Å²) in [5.41, 5.74) is 0. The van der Waals surface area contributed by atoms with E-state index in [-0.39, 0.29) is 35.9 Å². The van der Waals surface area contributed by atoms with Crippen LogP contribution >= 0.6 is 0 Å². The van der Waals surface area contributed by atoms with E-state index >= 15 is 0 Å². The van der Waals surface area contributed by atoms with Gasteiger partial charge in [0.05, 0.1) is 12.1 Å². The van der Waals surface area contributed by atoms with Gasteiger partial charge < -0.3 is 20.4 Å². The maximum atomic E-state index is 14.4. The van der Waals surface area contributed by atoms with E-state index in [9.17, 15) is 14.4 Å². The quantitative estimate of drug-likeness (QED) is 0.712. The lowest BCUT2D eigenvalue weighted by Gasteiger charge is -2.43. The van der Waals surface area contributed by atoms with Crippen LogP contribution in [0.4, 0.5) is 4.39 Å². The van der Waals surface area contributed by atoms with Gasteiger partial charge in [0.25, 0.3) is 0 Å². The first-order valence-corrected chi connectivity index (χ1v) is 12.4. The van der Waals surface area contributed by atoms with Gasteiger partial charge in [0.1, 0.15) is 6.17 Å². The maximum absolute atomic E-state index is 14.4. The van der Waals surface area contributed by atoms with E-state index < -0.39 is 6.17 Å². The smallest absolute Gasteiger partial charge is 0.237 e. The van der Waals surface area contributed by atoms with Crippen LogP contribution in [-0.2, 0) is 4.79 Å². The van der Waals surface area contributed by atoms with E-state index in [2.05, 4.69) is 47.5 Å². The van der Waals surface area contributed by atoms with Crippen LogP contribution < -0.4 is 10.6 Å². The van der Waals surface area contributed by atoms with Gasteiger partial charge in [0.2, 0.25) is 5.91 Å². The predicted octanol–water partition coefficient (Wildman–Crippen LogP) is 2.30. The highest BCUT2D eigenvalue weighted by Crippen LogP contribution is 2.39. The van der Waals surface area contributed by atoms with Crippen molar-refractivity contribution < 1.29 is 9.18 Å². The molecule has 2 saturated heterocycles. The molecule has 2 N–H and O–H groups in total. The Hall–Kier alpha value is -1.23. The van der Waals surface area contributed by atoms with Crippen LogP contribution in [0.2, 0.25) is 0 Å². The number of nitriles is 1. The number of hydrogen-bond acceptors (Lipinski definition) is 5. The number of rotatable bonds is 4. The van der Waals surface area contributed by atoms with E-state index in [1.165, 1.54) is 0 Å². The maximum Gasteiger partial charge on any atom is 0.237 e. The first-order chi connectivity index (χ1) is 14.9. The second kappa shape index (κ2) is 9.72. The Bertz CT molecular complexity index is 655. The van der Waals surface area contributed by atoms with Gasteiger partial charge in [-0.1, -0.05) is 6.92 Å². The molecular formula is C24H40FN5O. The van der Waals surface area contributed by atoms with Gasteiger partial charge in [-0.25, -0.2) is 4.39 Å². The molecule has 4 fully saturated rings. The molecule has 0 aromatic rings. The Morgan fingerprint density at radius 1 is 1.13 bits per heavy atom. The molecule has 2 heterocycles. The molecule has 0 bridgehead atoms. The molecule has 0 spiro atoms. The molecule has 4 aliphatic rings. The fourth-order valence-corrected chi connectivity index (χ4v) is 6.68. The van der Waals surface area contributed by atoms with E-state index in [1.54, 1.807) is 0 Å². The topological polar surface area (TPSA) is 71.4 Å².